The van der Waals surface area contributed by atoms with Crippen LogP contribution < -0.4 is 15.4 Å². The summed E-state index contributed by atoms with van der Waals surface area (Å²) < 4.78 is 10.1. The van der Waals surface area contributed by atoms with Crippen LogP contribution in [0.5, 0.6) is 5.75 Å². The van der Waals surface area contributed by atoms with Crippen LogP contribution >= 0.6 is 11.3 Å². The Kier molecular flexibility index (Phi) is 5.28. The van der Waals surface area contributed by atoms with Gasteiger partial charge in [-0.3, -0.25) is 19.2 Å². The molecular formula is C17H14N2O6S. The molecule has 0 unspecified atom stereocenters. The minimum atomic E-state index is -0.724. The van der Waals surface area contributed by atoms with Crippen molar-refractivity contribution in [2.24, 2.45) is 0 Å². The first-order valence-corrected chi connectivity index (χ1v) is 8.48. The van der Waals surface area contributed by atoms with Crippen LogP contribution in [-0.2, 0) is 14.3 Å². The fraction of sp³-hybridized carbons (Fsp3) is 0.176. The molecule has 0 atom stereocenters. The molecule has 3 rings (SSSR count). The van der Waals surface area contributed by atoms with Crippen molar-refractivity contribution in [2.75, 3.05) is 25.1 Å². The minimum Gasteiger partial charge on any atom is -0.482 e. The third-order valence-electron chi connectivity index (χ3n) is 3.44. The van der Waals surface area contributed by atoms with Crippen LogP contribution in [0.3, 0.4) is 0 Å². The SMILES string of the molecule is O=C1COc2ccc(C(=O)COC(=O)CNC(=O)c3cccs3)cc2N1. The number of nitrogens with one attached hydrogen (secondary N) is 2. The third-order valence-corrected chi connectivity index (χ3v) is 4.31. The molecule has 1 aliphatic rings. The van der Waals surface area contributed by atoms with E-state index in [-0.39, 0.29) is 30.5 Å². The highest BCUT2D eigenvalue weighted by Gasteiger charge is 2.18. The zero-order valence-electron chi connectivity index (χ0n) is 13.4. The minimum absolute atomic E-state index is 0.0743. The van der Waals surface area contributed by atoms with Gasteiger partial charge >= 0.3 is 5.97 Å². The van der Waals surface area contributed by atoms with Gasteiger partial charge in [-0.1, -0.05) is 6.07 Å². The van der Waals surface area contributed by atoms with Gasteiger partial charge in [0.05, 0.1) is 10.6 Å². The zero-order valence-corrected chi connectivity index (χ0v) is 14.3. The maximum atomic E-state index is 12.1. The molecule has 0 saturated heterocycles. The summed E-state index contributed by atoms with van der Waals surface area (Å²) >= 11 is 1.25. The summed E-state index contributed by atoms with van der Waals surface area (Å²) in [6, 6.07) is 7.90. The summed E-state index contributed by atoms with van der Waals surface area (Å²) in [4.78, 5) is 47.3. The highest BCUT2D eigenvalue weighted by Crippen LogP contribution is 2.28. The predicted molar refractivity (Wildman–Crippen MR) is 92.5 cm³/mol. The van der Waals surface area contributed by atoms with Gasteiger partial charge in [0.25, 0.3) is 11.8 Å². The van der Waals surface area contributed by atoms with Gasteiger partial charge in [-0.15, -0.1) is 11.3 Å². The Bertz CT molecular complexity index is 862. The van der Waals surface area contributed by atoms with E-state index in [0.29, 0.717) is 16.3 Å². The van der Waals surface area contributed by atoms with Gasteiger partial charge in [0.1, 0.15) is 12.3 Å². The monoisotopic (exact) mass is 374 g/mol. The van der Waals surface area contributed by atoms with Crippen LogP contribution in [0.2, 0.25) is 0 Å². The zero-order chi connectivity index (χ0) is 18.5. The van der Waals surface area contributed by atoms with E-state index in [4.69, 9.17) is 9.47 Å². The Hall–Kier alpha value is -3.20. The fourth-order valence-corrected chi connectivity index (χ4v) is 2.82. The predicted octanol–water partition coefficient (Wildman–Crippen LogP) is 1.23. The Morgan fingerprint density at radius 2 is 2.12 bits per heavy atom. The van der Waals surface area contributed by atoms with Crippen molar-refractivity contribution in [1.29, 1.82) is 0 Å². The number of amides is 2. The number of thiophene rings is 1. The van der Waals surface area contributed by atoms with E-state index in [1.807, 2.05) is 0 Å². The molecule has 2 aromatic rings. The number of Topliss-reactive ketones (excluding diaryl/α,β-unsaturated/α-hetero) is 1. The first-order valence-electron chi connectivity index (χ1n) is 7.60. The van der Waals surface area contributed by atoms with Crippen molar-refractivity contribution in [1.82, 2.24) is 5.32 Å². The van der Waals surface area contributed by atoms with E-state index in [2.05, 4.69) is 10.6 Å². The summed E-state index contributed by atoms with van der Waals surface area (Å²) in [5, 5.41) is 6.76. The number of esters is 1. The molecule has 26 heavy (non-hydrogen) atoms. The first kappa shape index (κ1) is 17.6. The second-order valence-corrected chi connectivity index (χ2v) is 6.24. The average molecular weight is 374 g/mol. The van der Waals surface area contributed by atoms with Gasteiger partial charge in [0.15, 0.2) is 19.0 Å². The molecule has 0 radical (unpaired) electrons. The Balaban J connectivity index is 1.49. The summed E-state index contributed by atoms with van der Waals surface area (Å²) in [7, 11) is 0. The van der Waals surface area contributed by atoms with Crippen LogP contribution in [0.1, 0.15) is 20.0 Å². The van der Waals surface area contributed by atoms with Crippen molar-refractivity contribution >= 4 is 40.6 Å². The molecule has 1 aliphatic heterocycles. The maximum absolute atomic E-state index is 12.1. The largest absolute Gasteiger partial charge is 0.482 e. The van der Waals surface area contributed by atoms with Gasteiger partial charge in [-0.2, -0.15) is 0 Å². The van der Waals surface area contributed by atoms with Gasteiger partial charge in [0, 0.05) is 5.56 Å². The molecular weight excluding hydrogens is 360 g/mol. The van der Waals surface area contributed by atoms with Crippen molar-refractivity contribution in [3.8, 4) is 5.75 Å². The molecule has 9 heteroatoms. The van der Waals surface area contributed by atoms with E-state index < -0.39 is 18.4 Å². The number of carbonyl (C=O) groups is 4. The Morgan fingerprint density at radius 3 is 2.88 bits per heavy atom. The average Bonchev–Trinajstić information content (AvgIpc) is 3.18. The molecule has 8 nitrogen and oxygen atoms in total. The molecule has 0 spiro atoms. The number of benzene rings is 1. The van der Waals surface area contributed by atoms with Crippen molar-refractivity contribution < 1.29 is 28.7 Å². The van der Waals surface area contributed by atoms with E-state index in [0.717, 1.165) is 0 Å². The molecule has 134 valence electrons. The smallest absolute Gasteiger partial charge is 0.325 e. The number of anilines is 1. The lowest BCUT2D eigenvalue weighted by molar-refractivity contribution is -0.141. The van der Waals surface area contributed by atoms with E-state index in [9.17, 15) is 19.2 Å². The summed E-state index contributed by atoms with van der Waals surface area (Å²) in [5.41, 5.74) is 0.659. The molecule has 2 amide bonds. The number of hydrogen-bond acceptors (Lipinski definition) is 7. The molecule has 0 bridgehead atoms. The van der Waals surface area contributed by atoms with E-state index in [1.54, 1.807) is 23.6 Å². The number of carbonyl (C=O) groups excluding carboxylic acids is 4. The van der Waals surface area contributed by atoms with E-state index >= 15 is 0 Å². The normalized spacial score (nSPS) is 12.4. The van der Waals surface area contributed by atoms with Crippen molar-refractivity contribution in [3.63, 3.8) is 0 Å². The summed E-state index contributed by atoms with van der Waals surface area (Å²) in [5.74, 6) is -1.39. The van der Waals surface area contributed by atoms with Crippen LogP contribution in [-0.4, -0.2) is 43.3 Å². The highest BCUT2D eigenvalue weighted by atomic mass is 32.1. The number of ketones is 1. The quantitative estimate of drug-likeness (QED) is 0.581. The van der Waals surface area contributed by atoms with Crippen LogP contribution in [0, 0.1) is 0 Å². The molecule has 2 heterocycles. The first-order chi connectivity index (χ1) is 12.5. The van der Waals surface area contributed by atoms with Gasteiger partial charge in [-0.05, 0) is 29.6 Å². The lowest BCUT2D eigenvalue weighted by Crippen LogP contribution is -2.31. The van der Waals surface area contributed by atoms with Gasteiger partial charge in [-0.25, -0.2) is 0 Å². The number of ether oxygens (including phenoxy) is 2. The topological polar surface area (TPSA) is 111 Å². The van der Waals surface area contributed by atoms with Crippen molar-refractivity contribution in [2.45, 2.75) is 0 Å². The maximum Gasteiger partial charge on any atom is 0.325 e. The molecule has 1 aromatic carbocycles. The lowest BCUT2D eigenvalue weighted by Gasteiger charge is -2.18. The molecule has 2 N–H and O–H groups in total. The van der Waals surface area contributed by atoms with Gasteiger partial charge < -0.3 is 20.1 Å². The second-order valence-electron chi connectivity index (χ2n) is 5.29. The summed E-state index contributed by atoms with van der Waals surface area (Å²) in [6.45, 7) is -0.880. The standard InChI is InChI=1S/C17H14N2O6S/c20-12(10-3-4-13-11(6-10)19-15(21)9-24-13)8-25-16(22)7-18-17(23)14-2-1-5-26-14/h1-6H,7-9H2,(H,18,23)(H,19,21). The fourth-order valence-electron chi connectivity index (χ4n) is 2.18. The Labute approximate surface area is 152 Å². The second kappa shape index (κ2) is 7.79. The Morgan fingerprint density at radius 1 is 1.27 bits per heavy atom. The molecule has 0 aliphatic carbocycles. The summed E-state index contributed by atoms with van der Waals surface area (Å²) in [6.07, 6.45) is 0. The van der Waals surface area contributed by atoms with E-state index in [1.165, 1.54) is 23.5 Å². The number of fused-ring (bicyclic) bond motifs is 1. The highest BCUT2D eigenvalue weighted by molar-refractivity contribution is 7.12. The van der Waals surface area contributed by atoms with Crippen LogP contribution in [0.25, 0.3) is 0 Å². The van der Waals surface area contributed by atoms with Crippen molar-refractivity contribution in [3.05, 3.63) is 46.2 Å². The third kappa shape index (κ3) is 4.25. The van der Waals surface area contributed by atoms with Gasteiger partial charge in [0.2, 0.25) is 0 Å². The number of rotatable bonds is 6. The molecule has 1 aromatic heterocycles. The van der Waals surface area contributed by atoms with Crippen LogP contribution in [0.4, 0.5) is 5.69 Å². The van der Waals surface area contributed by atoms with Crippen LogP contribution in [0.15, 0.2) is 35.7 Å². The lowest BCUT2D eigenvalue weighted by atomic mass is 10.1. The molecule has 0 saturated carbocycles. The molecule has 0 fully saturated rings. The number of hydrogen-bond donors (Lipinski definition) is 2.